The summed E-state index contributed by atoms with van der Waals surface area (Å²) in [6.07, 6.45) is 0.174. The largest absolute Gasteiger partial charge is 0.374 e. The monoisotopic (exact) mass is 436 g/mol. The fraction of sp³-hybridized carbons (Fsp3) is 0.562. The molecule has 0 spiro atoms. The second kappa shape index (κ2) is 10.8. The van der Waals surface area contributed by atoms with Crippen LogP contribution in [0.25, 0.3) is 0 Å². The van der Waals surface area contributed by atoms with Crippen molar-refractivity contribution in [1.82, 2.24) is 15.5 Å². The first kappa shape index (κ1) is 20.1. The van der Waals surface area contributed by atoms with E-state index in [4.69, 9.17) is 4.74 Å². The van der Waals surface area contributed by atoms with E-state index < -0.39 is 0 Å². The molecule has 0 aliphatic carbocycles. The van der Waals surface area contributed by atoms with Crippen LogP contribution in [0.1, 0.15) is 12.5 Å². The number of morpholine rings is 1. The van der Waals surface area contributed by atoms with Gasteiger partial charge in [0.05, 0.1) is 19.3 Å². The molecule has 5 nitrogen and oxygen atoms in total. The van der Waals surface area contributed by atoms with Crippen molar-refractivity contribution in [2.24, 2.45) is 4.99 Å². The summed E-state index contributed by atoms with van der Waals surface area (Å²) in [5.74, 6) is 0.528. The quantitative estimate of drug-likeness (QED) is 0.420. The average molecular weight is 436 g/mol. The van der Waals surface area contributed by atoms with Crippen LogP contribution in [0.2, 0.25) is 0 Å². The van der Waals surface area contributed by atoms with Crippen molar-refractivity contribution in [3.05, 3.63) is 35.6 Å². The number of rotatable bonds is 5. The number of aliphatic imine (C=N–C) groups is 1. The lowest BCUT2D eigenvalue weighted by Crippen LogP contribution is -2.48. The minimum absolute atomic E-state index is 0. The summed E-state index contributed by atoms with van der Waals surface area (Å²) in [5.41, 5.74) is 0.979. The Balaban J connectivity index is 0.00000264. The molecule has 1 heterocycles. The summed E-state index contributed by atoms with van der Waals surface area (Å²) in [5, 5.41) is 6.52. The molecule has 130 valence electrons. The molecule has 0 amide bonds. The van der Waals surface area contributed by atoms with Crippen molar-refractivity contribution in [2.45, 2.75) is 19.6 Å². The maximum Gasteiger partial charge on any atom is 0.191 e. The van der Waals surface area contributed by atoms with E-state index in [-0.39, 0.29) is 35.9 Å². The molecule has 2 rings (SSSR count). The van der Waals surface area contributed by atoms with Gasteiger partial charge in [0, 0.05) is 26.2 Å². The van der Waals surface area contributed by atoms with E-state index in [1.807, 2.05) is 6.92 Å². The third kappa shape index (κ3) is 7.45. The smallest absolute Gasteiger partial charge is 0.191 e. The number of nitrogens with zero attached hydrogens (tertiary/aromatic N) is 2. The van der Waals surface area contributed by atoms with Crippen LogP contribution in [0, 0.1) is 5.82 Å². The number of benzene rings is 1. The van der Waals surface area contributed by atoms with Gasteiger partial charge >= 0.3 is 0 Å². The van der Waals surface area contributed by atoms with Crippen LogP contribution in [0.4, 0.5) is 4.39 Å². The zero-order chi connectivity index (χ0) is 15.8. The van der Waals surface area contributed by atoms with Gasteiger partial charge in [-0.05, 0) is 31.7 Å². The minimum atomic E-state index is -0.226. The van der Waals surface area contributed by atoms with Crippen LogP contribution in [0.3, 0.4) is 0 Å². The van der Waals surface area contributed by atoms with Gasteiger partial charge in [-0.25, -0.2) is 9.38 Å². The first-order valence-electron chi connectivity index (χ1n) is 7.74. The molecular weight excluding hydrogens is 410 g/mol. The Morgan fingerprint density at radius 3 is 2.74 bits per heavy atom. The van der Waals surface area contributed by atoms with Crippen LogP contribution < -0.4 is 10.6 Å². The number of ether oxygens (including phenoxy) is 1. The third-order valence-corrected chi connectivity index (χ3v) is 3.52. The second-order valence-electron chi connectivity index (χ2n) is 5.46. The second-order valence-corrected chi connectivity index (χ2v) is 5.46. The molecule has 0 radical (unpaired) electrons. The molecule has 1 aromatic carbocycles. The van der Waals surface area contributed by atoms with Gasteiger partial charge in [0.25, 0.3) is 0 Å². The molecule has 1 aromatic rings. The van der Waals surface area contributed by atoms with Crippen LogP contribution in [0.15, 0.2) is 29.3 Å². The summed E-state index contributed by atoms with van der Waals surface area (Å²) < 4.78 is 18.6. The number of likely N-dealkylation sites (N-methyl/N-ethyl adjacent to an activating group) is 1. The molecule has 1 fully saturated rings. The van der Waals surface area contributed by atoms with Crippen LogP contribution >= 0.6 is 24.0 Å². The molecule has 1 unspecified atom stereocenters. The van der Waals surface area contributed by atoms with Crippen LogP contribution in [-0.2, 0) is 11.3 Å². The van der Waals surface area contributed by atoms with E-state index in [1.54, 1.807) is 12.1 Å². The van der Waals surface area contributed by atoms with Gasteiger partial charge in [-0.15, -0.1) is 24.0 Å². The summed E-state index contributed by atoms with van der Waals surface area (Å²) in [4.78, 5) is 6.78. The lowest BCUT2D eigenvalue weighted by Gasteiger charge is -2.30. The summed E-state index contributed by atoms with van der Waals surface area (Å²) in [7, 11) is 2.10. The summed E-state index contributed by atoms with van der Waals surface area (Å²) in [6.45, 7) is 6.73. The number of hydrogen-bond acceptors (Lipinski definition) is 3. The number of hydrogen-bond donors (Lipinski definition) is 2. The Bertz CT molecular complexity index is 483. The standard InChI is InChI=1S/C16H25FN4O.HI/c1-3-18-16(19-10-13-4-6-14(17)7-5-13)20-11-15-12-21(2)8-9-22-15;/h4-7,15H,3,8-12H2,1-2H3,(H2,18,19,20);1H. The van der Waals surface area contributed by atoms with E-state index in [2.05, 4.69) is 27.6 Å². The maximum absolute atomic E-state index is 12.9. The van der Waals surface area contributed by atoms with E-state index in [1.165, 1.54) is 12.1 Å². The zero-order valence-electron chi connectivity index (χ0n) is 13.7. The summed E-state index contributed by atoms with van der Waals surface area (Å²) in [6, 6.07) is 6.41. The highest BCUT2D eigenvalue weighted by molar-refractivity contribution is 14.0. The fourth-order valence-electron chi connectivity index (χ4n) is 2.30. The van der Waals surface area contributed by atoms with Crippen molar-refractivity contribution in [3.8, 4) is 0 Å². The van der Waals surface area contributed by atoms with E-state index >= 15 is 0 Å². The predicted octanol–water partition coefficient (Wildman–Crippen LogP) is 1.83. The van der Waals surface area contributed by atoms with Crippen molar-refractivity contribution < 1.29 is 9.13 Å². The molecule has 23 heavy (non-hydrogen) atoms. The Kier molecular flexibility index (Phi) is 9.42. The van der Waals surface area contributed by atoms with Gasteiger partial charge in [0.2, 0.25) is 0 Å². The van der Waals surface area contributed by atoms with Gasteiger partial charge in [-0.2, -0.15) is 0 Å². The fourth-order valence-corrected chi connectivity index (χ4v) is 2.30. The first-order chi connectivity index (χ1) is 10.7. The van der Waals surface area contributed by atoms with Gasteiger partial charge in [-0.1, -0.05) is 12.1 Å². The normalized spacial score (nSPS) is 19.1. The lowest BCUT2D eigenvalue weighted by atomic mass is 10.2. The van der Waals surface area contributed by atoms with Crippen molar-refractivity contribution >= 4 is 29.9 Å². The van der Waals surface area contributed by atoms with Gasteiger partial charge in [0.15, 0.2) is 5.96 Å². The lowest BCUT2D eigenvalue weighted by molar-refractivity contribution is -0.0161. The molecule has 0 aromatic heterocycles. The first-order valence-corrected chi connectivity index (χ1v) is 7.74. The molecule has 0 bridgehead atoms. The molecule has 0 saturated carbocycles. The van der Waals surface area contributed by atoms with Gasteiger partial charge in [-0.3, -0.25) is 0 Å². The van der Waals surface area contributed by atoms with Crippen molar-refractivity contribution in [3.63, 3.8) is 0 Å². The molecule has 2 N–H and O–H groups in total. The number of guanidine groups is 1. The molecule has 1 saturated heterocycles. The number of halogens is 2. The van der Waals surface area contributed by atoms with Crippen molar-refractivity contribution in [2.75, 3.05) is 39.8 Å². The Labute approximate surface area is 154 Å². The van der Waals surface area contributed by atoms with Gasteiger partial charge in [0.1, 0.15) is 5.82 Å². The topological polar surface area (TPSA) is 48.9 Å². The van der Waals surface area contributed by atoms with Gasteiger partial charge < -0.3 is 20.3 Å². The Morgan fingerprint density at radius 2 is 2.09 bits per heavy atom. The minimum Gasteiger partial charge on any atom is -0.374 e. The van der Waals surface area contributed by atoms with Crippen LogP contribution in [0.5, 0.6) is 0 Å². The highest BCUT2D eigenvalue weighted by Crippen LogP contribution is 2.04. The number of nitrogens with one attached hydrogen (secondary N) is 2. The van der Waals surface area contributed by atoms with E-state index in [0.717, 1.165) is 44.3 Å². The molecular formula is C16H26FIN4O. The Morgan fingerprint density at radius 1 is 1.35 bits per heavy atom. The highest BCUT2D eigenvalue weighted by atomic mass is 127. The maximum atomic E-state index is 12.9. The summed E-state index contributed by atoms with van der Waals surface area (Å²) >= 11 is 0. The molecule has 1 aliphatic heterocycles. The molecule has 1 aliphatic rings. The molecule has 7 heteroatoms. The van der Waals surface area contributed by atoms with Crippen molar-refractivity contribution in [1.29, 1.82) is 0 Å². The Hall–Kier alpha value is -0.930. The third-order valence-electron chi connectivity index (χ3n) is 3.52. The van der Waals surface area contributed by atoms with E-state index in [9.17, 15) is 4.39 Å². The van der Waals surface area contributed by atoms with Crippen LogP contribution in [-0.4, -0.2) is 56.8 Å². The highest BCUT2D eigenvalue weighted by Gasteiger charge is 2.17. The zero-order valence-corrected chi connectivity index (χ0v) is 16.0. The SMILES string of the molecule is CCNC(=NCc1ccc(F)cc1)NCC1CN(C)CCO1.I. The molecule has 1 atom stereocenters. The average Bonchev–Trinajstić information content (AvgIpc) is 2.52. The predicted molar refractivity (Wildman–Crippen MR) is 102 cm³/mol. The van der Waals surface area contributed by atoms with E-state index in [0.29, 0.717) is 6.54 Å².